The van der Waals surface area contributed by atoms with Gasteiger partial charge >= 0.3 is 0 Å². The Balaban J connectivity index is 3.93. The number of rotatable bonds is 7. The van der Waals surface area contributed by atoms with E-state index >= 15 is 0 Å². The Bertz CT molecular complexity index is 143. The fourth-order valence-corrected chi connectivity index (χ4v) is 1.17. The third kappa shape index (κ3) is 5.61. The van der Waals surface area contributed by atoms with Gasteiger partial charge in [-0.2, -0.15) is 0 Å². The lowest BCUT2D eigenvalue weighted by atomic mass is 10.0. The minimum absolute atomic E-state index is 0.0164. The van der Waals surface area contributed by atoms with Gasteiger partial charge in [-0.15, -0.1) is 0 Å². The smallest absolute Gasteiger partial charge is 0.0629 e. The fraction of sp³-hybridized carbons (Fsp3) is 1.00. The SMILES string of the molecule is CCNC(COC(C)(C)CC)C(C)C. The number of hydrogen-bond acceptors (Lipinski definition) is 2. The largest absolute Gasteiger partial charge is 0.374 e. The molecule has 0 spiro atoms. The maximum absolute atomic E-state index is 5.89. The zero-order chi connectivity index (χ0) is 11.2. The molecule has 0 aromatic carbocycles. The molecule has 14 heavy (non-hydrogen) atoms. The van der Waals surface area contributed by atoms with E-state index in [0.29, 0.717) is 12.0 Å². The van der Waals surface area contributed by atoms with E-state index in [4.69, 9.17) is 4.74 Å². The zero-order valence-corrected chi connectivity index (χ0v) is 10.7. The van der Waals surface area contributed by atoms with E-state index in [-0.39, 0.29) is 5.60 Å². The Morgan fingerprint density at radius 1 is 1.21 bits per heavy atom. The van der Waals surface area contributed by atoms with Crippen LogP contribution in [0.25, 0.3) is 0 Å². The first-order chi connectivity index (χ1) is 6.43. The summed E-state index contributed by atoms with van der Waals surface area (Å²) < 4.78 is 5.89. The Morgan fingerprint density at radius 3 is 2.14 bits per heavy atom. The number of ether oxygens (including phenoxy) is 1. The van der Waals surface area contributed by atoms with Crippen molar-refractivity contribution in [1.82, 2.24) is 5.32 Å². The highest BCUT2D eigenvalue weighted by molar-refractivity contribution is 4.72. The van der Waals surface area contributed by atoms with Gasteiger partial charge in [0.05, 0.1) is 12.2 Å². The summed E-state index contributed by atoms with van der Waals surface area (Å²) in [6, 6.07) is 0.478. The highest BCUT2D eigenvalue weighted by Gasteiger charge is 2.19. The lowest BCUT2D eigenvalue weighted by Gasteiger charge is -2.29. The van der Waals surface area contributed by atoms with Gasteiger partial charge in [0.15, 0.2) is 0 Å². The molecule has 0 rings (SSSR count). The Labute approximate surface area is 89.4 Å². The second-order valence-corrected chi connectivity index (χ2v) is 4.83. The van der Waals surface area contributed by atoms with Gasteiger partial charge in [-0.3, -0.25) is 0 Å². The molecule has 1 atom stereocenters. The molecule has 0 saturated carbocycles. The summed E-state index contributed by atoms with van der Waals surface area (Å²) in [4.78, 5) is 0. The Hall–Kier alpha value is -0.0800. The maximum atomic E-state index is 5.89. The predicted octanol–water partition coefficient (Wildman–Crippen LogP) is 2.83. The summed E-state index contributed by atoms with van der Waals surface area (Å²) in [6.07, 6.45) is 1.06. The van der Waals surface area contributed by atoms with Crippen molar-refractivity contribution in [3.05, 3.63) is 0 Å². The van der Waals surface area contributed by atoms with Crippen LogP contribution in [0, 0.1) is 5.92 Å². The topological polar surface area (TPSA) is 21.3 Å². The first-order valence-corrected chi connectivity index (χ1v) is 5.80. The normalized spacial score (nSPS) is 14.8. The third-order valence-electron chi connectivity index (χ3n) is 2.78. The quantitative estimate of drug-likeness (QED) is 0.684. The number of nitrogens with one attached hydrogen (secondary N) is 1. The monoisotopic (exact) mass is 201 g/mol. The predicted molar refractivity (Wildman–Crippen MR) is 62.6 cm³/mol. The van der Waals surface area contributed by atoms with Crippen LogP contribution in [-0.2, 0) is 4.74 Å². The second kappa shape index (κ2) is 6.41. The molecule has 1 N–H and O–H groups in total. The van der Waals surface area contributed by atoms with Gasteiger partial charge in [-0.1, -0.05) is 27.7 Å². The van der Waals surface area contributed by atoms with E-state index in [1.165, 1.54) is 0 Å². The summed E-state index contributed by atoms with van der Waals surface area (Å²) in [6.45, 7) is 14.9. The molecule has 2 nitrogen and oxygen atoms in total. The molecule has 1 unspecified atom stereocenters. The molecule has 0 heterocycles. The average molecular weight is 201 g/mol. The van der Waals surface area contributed by atoms with E-state index < -0.39 is 0 Å². The van der Waals surface area contributed by atoms with Crippen molar-refractivity contribution < 1.29 is 4.74 Å². The molecule has 0 fully saturated rings. The summed E-state index contributed by atoms with van der Waals surface area (Å²) >= 11 is 0. The molecule has 0 amide bonds. The van der Waals surface area contributed by atoms with Gasteiger partial charge in [-0.05, 0) is 32.7 Å². The van der Waals surface area contributed by atoms with Crippen LogP contribution in [0.2, 0.25) is 0 Å². The Kier molecular flexibility index (Phi) is 6.38. The van der Waals surface area contributed by atoms with E-state index in [0.717, 1.165) is 19.6 Å². The van der Waals surface area contributed by atoms with Crippen molar-refractivity contribution in [3.8, 4) is 0 Å². The van der Waals surface area contributed by atoms with Gasteiger partial charge in [0.2, 0.25) is 0 Å². The van der Waals surface area contributed by atoms with Crippen molar-refractivity contribution in [2.24, 2.45) is 5.92 Å². The van der Waals surface area contributed by atoms with E-state index in [2.05, 4.69) is 46.9 Å². The average Bonchev–Trinajstić information content (AvgIpc) is 2.12. The molecule has 0 aliphatic carbocycles. The van der Waals surface area contributed by atoms with Gasteiger partial charge in [-0.25, -0.2) is 0 Å². The molecule has 86 valence electrons. The van der Waals surface area contributed by atoms with Gasteiger partial charge in [0.25, 0.3) is 0 Å². The van der Waals surface area contributed by atoms with E-state index in [9.17, 15) is 0 Å². The van der Waals surface area contributed by atoms with Crippen LogP contribution in [0.5, 0.6) is 0 Å². The minimum atomic E-state index is 0.0164. The van der Waals surface area contributed by atoms with Crippen molar-refractivity contribution in [3.63, 3.8) is 0 Å². The lowest BCUT2D eigenvalue weighted by molar-refractivity contribution is -0.0352. The molecular formula is C12H27NO. The molecule has 0 aromatic heterocycles. The van der Waals surface area contributed by atoms with Crippen molar-refractivity contribution in [1.29, 1.82) is 0 Å². The second-order valence-electron chi connectivity index (χ2n) is 4.83. The van der Waals surface area contributed by atoms with Crippen LogP contribution in [0.1, 0.15) is 48.0 Å². The van der Waals surface area contributed by atoms with Crippen molar-refractivity contribution in [2.45, 2.75) is 59.6 Å². The van der Waals surface area contributed by atoms with Crippen LogP contribution in [0.15, 0.2) is 0 Å². The first-order valence-electron chi connectivity index (χ1n) is 5.80. The van der Waals surface area contributed by atoms with Crippen LogP contribution < -0.4 is 5.32 Å². The summed E-state index contributed by atoms with van der Waals surface area (Å²) in [5, 5.41) is 3.45. The van der Waals surface area contributed by atoms with Crippen LogP contribution in [0.3, 0.4) is 0 Å². The van der Waals surface area contributed by atoms with Crippen LogP contribution in [0.4, 0.5) is 0 Å². The fourth-order valence-electron chi connectivity index (χ4n) is 1.17. The van der Waals surface area contributed by atoms with E-state index in [1.807, 2.05) is 0 Å². The van der Waals surface area contributed by atoms with Crippen LogP contribution >= 0.6 is 0 Å². The standard InChI is InChI=1S/C12H27NO/c1-7-12(5,6)14-9-11(10(3)4)13-8-2/h10-11,13H,7-9H2,1-6H3. The highest BCUT2D eigenvalue weighted by Crippen LogP contribution is 2.15. The minimum Gasteiger partial charge on any atom is -0.374 e. The van der Waals surface area contributed by atoms with Gasteiger partial charge in [0.1, 0.15) is 0 Å². The molecule has 0 radical (unpaired) electrons. The lowest BCUT2D eigenvalue weighted by Crippen LogP contribution is -2.40. The van der Waals surface area contributed by atoms with E-state index in [1.54, 1.807) is 0 Å². The number of likely N-dealkylation sites (N-methyl/N-ethyl adjacent to an activating group) is 1. The van der Waals surface area contributed by atoms with Crippen LogP contribution in [-0.4, -0.2) is 24.8 Å². The molecule has 0 aliphatic heterocycles. The molecule has 0 aromatic rings. The number of hydrogen-bond donors (Lipinski definition) is 1. The summed E-state index contributed by atoms with van der Waals surface area (Å²) in [5.74, 6) is 0.627. The zero-order valence-electron chi connectivity index (χ0n) is 10.7. The third-order valence-corrected chi connectivity index (χ3v) is 2.78. The highest BCUT2D eigenvalue weighted by atomic mass is 16.5. The maximum Gasteiger partial charge on any atom is 0.0629 e. The Morgan fingerprint density at radius 2 is 1.79 bits per heavy atom. The first kappa shape index (κ1) is 13.9. The van der Waals surface area contributed by atoms with Gasteiger partial charge in [0, 0.05) is 6.04 Å². The van der Waals surface area contributed by atoms with Crippen molar-refractivity contribution >= 4 is 0 Å². The molecule has 0 saturated heterocycles. The summed E-state index contributed by atoms with van der Waals surface area (Å²) in [5.41, 5.74) is 0.0164. The molecule has 0 bridgehead atoms. The van der Waals surface area contributed by atoms with Crippen molar-refractivity contribution in [2.75, 3.05) is 13.2 Å². The molecule has 2 heteroatoms. The summed E-state index contributed by atoms with van der Waals surface area (Å²) in [7, 11) is 0. The van der Waals surface area contributed by atoms with Gasteiger partial charge < -0.3 is 10.1 Å². The molecular weight excluding hydrogens is 174 g/mol. The molecule has 0 aliphatic rings.